The van der Waals surface area contributed by atoms with E-state index >= 15 is 0 Å². The Morgan fingerprint density at radius 2 is 2.30 bits per heavy atom. The fraction of sp³-hybridized carbons (Fsp3) is 0.533. The molecule has 1 atom stereocenters. The molecule has 0 radical (unpaired) electrons. The fourth-order valence-corrected chi connectivity index (χ4v) is 3.06. The molecule has 2 aromatic rings. The first-order valence-corrected chi connectivity index (χ1v) is 7.20. The van der Waals surface area contributed by atoms with E-state index in [2.05, 4.69) is 16.8 Å². The number of imidazole rings is 1. The van der Waals surface area contributed by atoms with Crippen LogP contribution in [-0.2, 0) is 6.54 Å². The molecule has 5 heteroatoms. The van der Waals surface area contributed by atoms with E-state index in [0.29, 0.717) is 5.92 Å². The maximum absolute atomic E-state index is 12.1. The first-order valence-electron chi connectivity index (χ1n) is 7.20. The summed E-state index contributed by atoms with van der Waals surface area (Å²) in [4.78, 5) is 17.5. The number of aromatic nitrogens is 2. The van der Waals surface area contributed by atoms with Gasteiger partial charge in [0.15, 0.2) is 0 Å². The Morgan fingerprint density at radius 3 is 3.00 bits per heavy atom. The van der Waals surface area contributed by atoms with Gasteiger partial charge >= 0.3 is 5.69 Å². The molecule has 1 fully saturated rings. The second-order valence-corrected chi connectivity index (χ2v) is 5.47. The fourth-order valence-electron chi connectivity index (χ4n) is 3.06. The van der Waals surface area contributed by atoms with Crippen LogP contribution in [0.2, 0.25) is 0 Å². The lowest BCUT2D eigenvalue weighted by Gasteiger charge is -2.13. The number of hydrogen-bond acceptors (Lipinski definition) is 3. The number of methoxy groups -OCH3 is 1. The quantitative estimate of drug-likeness (QED) is 0.923. The summed E-state index contributed by atoms with van der Waals surface area (Å²) in [6, 6.07) is 5.73. The lowest BCUT2D eigenvalue weighted by atomic mass is 10.1. The summed E-state index contributed by atoms with van der Waals surface area (Å²) in [5, 5.41) is 0. The van der Waals surface area contributed by atoms with Gasteiger partial charge in [-0.25, -0.2) is 4.79 Å². The largest absolute Gasteiger partial charge is 0.497 e. The van der Waals surface area contributed by atoms with Gasteiger partial charge in [0.25, 0.3) is 0 Å². The molecule has 1 aliphatic rings. The molecule has 2 heterocycles. The highest BCUT2D eigenvalue weighted by molar-refractivity contribution is 5.76. The molecule has 1 saturated heterocycles. The van der Waals surface area contributed by atoms with E-state index < -0.39 is 0 Å². The van der Waals surface area contributed by atoms with Gasteiger partial charge in [-0.15, -0.1) is 0 Å². The normalized spacial score (nSPS) is 19.8. The highest BCUT2D eigenvalue weighted by Gasteiger charge is 2.22. The highest BCUT2D eigenvalue weighted by atomic mass is 16.5. The molecule has 1 aromatic heterocycles. The molecule has 108 valence electrons. The number of hydrogen-bond donors (Lipinski definition) is 1. The minimum atomic E-state index is -0.0248. The van der Waals surface area contributed by atoms with E-state index in [4.69, 9.17) is 4.74 Å². The van der Waals surface area contributed by atoms with Gasteiger partial charge in [-0.3, -0.25) is 4.57 Å². The van der Waals surface area contributed by atoms with E-state index in [-0.39, 0.29) is 5.69 Å². The Morgan fingerprint density at radius 1 is 1.45 bits per heavy atom. The standard InChI is InChI=1S/C15H21N3O2/c1-3-17-7-6-11(9-17)10-18-14-5-4-12(20-2)8-13(14)16-15(18)19/h4-5,8,11H,3,6-7,9-10H2,1-2H3,(H,16,19). The second kappa shape index (κ2) is 5.32. The van der Waals surface area contributed by atoms with Crippen molar-refractivity contribution < 1.29 is 4.74 Å². The number of ether oxygens (including phenoxy) is 1. The predicted molar refractivity (Wildman–Crippen MR) is 79.3 cm³/mol. The predicted octanol–water partition coefficient (Wildman–Crippen LogP) is 1.68. The van der Waals surface area contributed by atoms with Gasteiger partial charge in [-0.2, -0.15) is 0 Å². The van der Waals surface area contributed by atoms with Gasteiger partial charge < -0.3 is 14.6 Å². The monoisotopic (exact) mass is 275 g/mol. The van der Waals surface area contributed by atoms with Crippen molar-refractivity contribution >= 4 is 11.0 Å². The third-order valence-electron chi connectivity index (χ3n) is 4.24. The molecule has 0 aliphatic carbocycles. The molecule has 0 amide bonds. The average molecular weight is 275 g/mol. The maximum atomic E-state index is 12.1. The molecule has 3 rings (SSSR count). The molecule has 1 unspecified atom stereocenters. The SMILES string of the molecule is CCN1CCC(Cn2c(=O)[nH]c3cc(OC)ccc32)C1. The van der Waals surface area contributed by atoms with E-state index in [9.17, 15) is 4.79 Å². The number of nitrogens with zero attached hydrogens (tertiary/aromatic N) is 2. The smallest absolute Gasteiger partial charge is 0.326 e. The molecule has 20 heavy (non-hydrogen) atoms. The molecule has 1 aliphatic heterocycles. The zero-order valence-electron chi connectivity index (χ0n) is 12.1. The van der Waals surface area contributed by atoms with Crippen LogP contribution in [0, 0.1) is 5.92 Å². The van der Waals surface area contributed by atoms with E-state index in [1.807, 2.05) is 22.8 Å². The number of fused-ring (bicyclic) bond motifs is 1. The lowest BCUT2D eigenvalue weighted by Crippen LogP contribution is -2.25. The van der Waals surface area contributed by atoms with Crippen molar-refractivity contribution in [3.8, 4) is 5.75 Å². The third-order valence-corrected chi connectivity index (χ3v) is 4.24. The maximum Gasteiger partial charge on any atom is 0.326 e. The zero-order chi connectivity index (χ0) is 14.1. The minimum Gasteiger partial charge on any atom is -0.497 e. The van der Waals surface area contributed by atoms with Crippen molar-refractivity contribution in [3.63, 3.8) is 0 Å². The van der Waals surface area contributed by atoms with Gasteiger partial charge in [0.2, 0.25) is 0 Å². The van der Waals surface area contributed by atoms with Crippen LogP contribution < -0.4 is 10.4 Å². The summed E-state index contributed by atoms with van der Waals surface area (Å²) in [6.07, 6.45) is 1.17. The first kappa shape index (κ1) is 13.2. The second-order valence-electron chi connectivity index (χ2n) is 5.47. The molecule has 0 saturated carbocycles. The number of nitrogens with one attached hydrogen (secondary N) is 1. The number of benzene rings is 1. The molecule has 1 N–H and O–H groups in total. The van der Waals surface area contributed by atoms with Gasteiger partial charge in [0.05, 0.1) is 18.1 Å². The molecule has 0 bridgehead atoms. The average Bonchev–Trinajstić information content (AvgIpc) is 3.04. The van der Waals surface area contributed by atoms with E-state index in [0.717, 1.165) is 43.0 Å². The Bertz CT molecular complexity index is 659. The van der Waals surface area contributed by atoms with Crippen molar-refractivity contribution in [2.75, 3.05) is 26.7 Å². The number of aromatic amines is 1. The Labute approximate surface area is 118 Å². The number of rotatable bonds is 4. The van der Waals surface area contributed by atoms with Gasteiger partial charge in [0, 0.05) is 19.2 Å². The van der Waals surface area contributed by atoms with Crippen LogP contribution >= 0.6 is 0 Å². The summed E-state index contributed by atoms with van der Waals surface area (Å²) in [5.74, 6) is 1.33. The van der Waals surface area contributed by atoms with Crippen LogP contribution in [0.3, 0.4) is 0 Å². The number of likely N-dealkylation sites (tertiary alicyclic amines) is 1. The third kappa shape index (κ3) is 2.33. The van der Waals surface area contributed by atoms with Crippen molar-refractivity contribution in [1.82, 2.24) is 14.5 Å². The van der Waals surface area contributed by atoms with Gasteiger partial charge in [0.1, 0.15) is 5.75 Å². The molecular weight excluding hydrogens is 254 g/mol. The van der Waals surface area contributed by atoms with Crippen molar-refractivity contribution in [3.05, 3.63) is 28.7 Å². The summed E-state index contributed by atoms with van der Waals surface area (Å²) in [7, 11) is 1.63. The van der Waals surface area contributed by atoms with Crippen molar-refractivity contribution in [2.45, 2.75) is 19.9 Å². The minimum absolute atomic E-state index is 0.0248. The summed E-state index contributed by atoms with van der Waals surface area (Å²) < 4.78 is 7.06. The summed E-state index contributed by atoms with van der Waals surface area (Å²) in [5.41, 5.74) is 1.79. The van der Waals surface area contributed by atoms with Gasteiger partial charge in [-0.05, 0) is 37.6 Å². The number of H-pyrrole nitrogens is 1. The Kier molecular flexibility index (Phi) is 3.53. The molecular formula is C15H21N3O2. The van der Waals surface area contributed by atoms with E-state index in [1.165, 1.54) is 6.42 Å². The Hall–Kier alpha value is -1.75. The highest BCUT2D eigenvalue weighted by Crippen LogP contribution is 2.21. The van der Waals surface area contributed by atoms with Crippen molar-refractivity contribution in [2.24, 2.45) is 5.92 Å². The van der Waals surface area contributed by atoms with Crippen LogP contribution in [-0.4, -0.2) is 41.2 Å². The van der Waals surface area contributed by atoms with Crippen LogP contribution in [0.25, 0.3) is 11.0 Å². The van der Waals surface area contributed by atoms with Crippen LogP contribution in [0.1, 0.15) is 13.3 Å². The Balaban J connectivity index is 1.88. The zero-order valence-corrected chi connectivity index (χ0v) is 12.1. The van der Waals surface area contributed by atoms with Crippen LogP contribution in [0.5, 0.6) is 5.75 Å². The molecule has 5 nitrogen and oxygen atoms in total. The summed E-state index contributed by atoms with van der Waals surface area (Å²) in [6.45, 7) is 6.31. The first-order chi connectivity index (χ1) is 9.71. The van der Waals surface area contributed by atoms with Crippen molar-refractivity contribution in [1.29, 1.82) is 0 Å². The molecule has 1 aromatic carbocycles. The summed E-state index contributed by atoms with van der Waals surface area (Å²) >= 11 is 0. The van der Waals surface area contributed by atoms with E-state index in [1.54, 1.807) is 7.11 Å². The van der Waals surface area contributed by atoms with Crippen LogP contribution in [0.4, 0.5) is 0 Å². The van der Waals surface area contributed by atoms with Gasteiger partial charge in [-0.1, -0.05) is 6.92 Å². The topological polar surface area (TPSA) is 50.3 Å². The molecule has 0 spiro atoms. The van der Waals surface area contributed by atoms with Crippen LogP contribution in [0.15, 0.2) is 23.0 Å². The lowest BCUT2D eigenvalue weighted by molar-refractivity contribution is 0.333.